The summed E-state index contributed by atoms with van der Waals surface area (Å²) in [6, 6.07) is 9.25. The molecule has 0 bridgehead atoms. The van der Waals surface area contributed by atoms with Gasteiger partial charge in [-0.2, -0.15) is 0 Å². The lowest BCUT2D eigenvalue weighted by atomic mass is 10.1. The van der Waals surface area contributed by atoms with E-state index in [9.17, 15) is 9.90 Å². The van der Waals surface area contributed by atoms with E-state index in [1.165, 1.54) is 0 Å². The van der Waals surface area contributed by atoms with Crippen LogP contribution in [0.25, 0.3) is 0 Å². The Balaban J connectivity index is 2.06. The standard InChI is InChI=1S/C17H23N3O3/c1-12(16-13(2)19-23-14(16)3)18-17(22)20(9-10-21)11-15-7-5-4-6-8-15/h4-8,12,21H,9-11H2,1-3H3,(H,18,22). The van der Waals surface area contributed by atoms with Crippen LogP contribution < -0.4 is 5.32 Å². The van der Waals surface area contributed by atoms with Crippen LogP contribution >= 0.6 is 0 Å². The molecule has 6 heteroatoms. The normalized spacial score (nSPS) is 12.0. The average molecular weight is 317 g/mol. The molecule has 2 rings (SSSR count). The molecule has 0 aliphatic rings. The minimum atomic E-state index is -0.226. The van der Waals surface area contributed by atoms with Gasteiger partial charge in [-0.05, 0) is 26.3 Å². The number of nitrogens with one attached hydrogen (secondary N) is 1. The second-order valence-electron chi connectivity index (χ2n) is 5.54. The molecule has 0 radical (unpaired) electrons. The summed E-state index contributed by atoms with van der Waals surface area (Å²) in [5.74, 6) is 0.701. The number of carbonyl (C=O) groups excluding carboxylic acids is 1. The third-order valence-corrected chi connectivity index (χ3v) is 3.73. The van der Waals surface area contributed by atoms with Crippen LogP contribution in [0.3, 0.4) is 0 Å². The molecule has 0 aliphatic carbocycles. The van der Waals surface area contributed by atoms with Gasteiger partial charge in [0.1, 0.15) is 5.76 Å². The number of hydrogen-bond donors (Lipinski definition) is 2. The first-order valence-corrected chi connectivity index (χ1v) is 7.66. The lowest BCUT2D eigenvalue weighted by Crippen LogP contribution is -2.42. The number of amides is 2. The molecule has 2 aromatic rings. The predicted molar refractivity (Wildman–Crippen MR) is 86.9 cm³/mol. The Kier molecular flexibility index (Phi) is 5.76. The molecule has 0 fully saturated rings. The van der Waals surface area contributed by atoms with Crippen LogP contribution in [0.5, 0.6) is 0 Å². The van der Waals surface area contributed by atoms with Gasteiger partial charge in [-0.25, -0.2) is 4.79 Å². The Morgan fingerprint density at radius 1 is 1.35 bits per heavy atom. The second-order valence-corrected chi connectivity index (χ2v) is 5.54. The minimum absolute atomic E-state index is 0.0834. The molecule has 2 amide bonds. The molecule has 0 spiro atoms. The van der Waals surface area contributed by atoms with Gasteiger partial charge in [0, 0.05) is 18.7 Å². The van der Waals surface area contributed by atoms with Crippen molar-refractivity contribution >= 4 is 6.03 Å². The highest BCUT2D eigenvalue weighted by molar-refractivity contribution is 5.74. The zero-order valence-electron chi connectivity index (χ0n) is 13.7. The van der Waals surface area contributed by atoms with Crippen LogP contribution in [0, 0.1) is 13.8 Å². The fraction of sp³-hybridized carbons (Fsp3) is 0.412. The topological polar surface area (TPSA) is 78.6 Å². The van der Waals surface area contributed by atoms with Gasteiger partial charge in [0.15, 0.2) is 0 Å². The van der Waals surface area contributed by atoms with E-state index in [1.54, 1.807) is 4.90 Å². The summed E-state index contributed by atoms with van der Waals surface area (Å²) < 4.78 is 5.15. The molecule has 23 heavy (non-hydrogen) atoms. The van der Waals surface area contributed by atoms with Gasteiger partial charge in [-0.3, -0.25) is 0 Å². The Bertz CT molecular complexity index is 620. The molecule has 2 N–H and O–H groups in total. The van der Waals surface area contributed by atoms with Crippen molar-refractivity contribution in [1.29, 1.82) is 0 Å². The summed E-state index contributed by atoms with van der Waals surface area (Å²) in [5.41, 5.74) is 2.68. The molecule has 6 nitrogen and oxygen atoms in total. The molecule has 1 aromatic carbocycles. The number of hydrogen-bond acceptors (Lipinski definition) is 4. The van der Waals surface area contributed by atoms with Crippen LogP contribution in [-0.2, 0) is 6.54 Å². The van der Waals surface area contributed by atoms with Crippen molar-refractivity contribution in [2.24, 2.45) is 0 Å². The van der Waals surface area contributed by atoms with Crippen molar-refractivity contribution in [3.05, 3.63) is 52.9 Å². The number of nitrogens with zero attached hydrogens (tertiary/aromatic N) is 2. The summed E-state index contributed by atoms with van der Waals surface area (Å²) in [4.78, 5) is 14.1. The van der Waals surface area contributed by atoms with Crippen molar-refractivity contribution in [3.63, 3.8) is 0 Å². The van der Waals surface area contributed by atoms with Gasteiger partial charge < -0.3 is 19.8 Å². The van der Waals surface area contributed by atoms with Gasteiger partial charge in [0.05, 0.1) is 18.3 Å². The Morgan fingerprint density at radius 3 is 2.61 bits per heavy atom. The second kappa shape index (κ2) is 7.78. The number of benzene rings is 1. The van der Waals surface area contributed by atoms with Crippen LogP contribution in [0.2, 0.25) is 0 Å². The monoisotopic (exact) mass is 317 g/mol. The summed E-state index contributed by atoms with van der Waals surface area (Å²) in [6.45, 7) is 6.21. The van der Waals surface area contributed by atoms with Gasteiger partial charge >= 0.3 is 6.03 Å². The number of rotatable bonds is 6. The third-order valence-electron chi connectivity index (χ3n) is 3.73. The van der Waals surface area contributed by atoms with E-state index >= 15 is 0 Å². The quantitative estimate of drug-likeness (QED) is 0.858. The zero-order valence-corrected chi connectivity index (χ0v) is 13.7. The first-order chi connectivity index (χ1) is 11.0. The number of carbonyl (C=O) groups is 1. The molecule has 0 aliphatic heterocycles. The molecule has 124 valence electrons. The molecule has 0 saturated carbocycles. The van der Waals surface area contributed by atoms with E-state index in [2.05, 4.69) is 10.5 Å². The van der Waals surface area contributed by atoms with Crippen LogP contribution in [0.15, 0.2) is 34.9 Å². The van der Waals surface area contributed by atoms with E-state index in [0.717, 1.165) is 16.8 Å². The molecular weight excluding hydrogens is 294 g/mol. The largest absolute Gasteiger partial charge is 0.395 e. The number of aromatic nitrogens is 1. The first kappa shape index (κ1) is 17.0. The van der Waals surface area contributed by atoms with Gasteiger partial charge in [0.2, 0.25) is 0 Å². The molecule has 1 aromatic heterocycles. The third kappa shape index (κ3) is 4.32. The van der Waals surface area contributed by atoms with Crippen LogP contribution in [-0.4, -0.2) is 34.3 Å². The maximum absolute atomic E-state index is 12.5. The van der Waals surface area contributed by atoms with E-state index in [0.29, 0.717) is 12.3 Å². The summed E-state index contributed by atoms with van der Waals surface area (Å²) >= 11 is 0. The summed E-state index contributed by atoms with van der Waals surface area (Å²) in [7, 11) is 0. The molecular formula is C17H23N3O3. The van der Waals surface area contributed by atoms with Crippen molar-refractivity contribution < 1.29 is 14.4 Å². The first-order valence-electron chi connectivity index (χ1n) is 7.66. The van der Waals surface area contributed by atoms with E-state index < -0.39 is 0 Å². The predicted octanol–water partition coefficient (Wildman–Crippen LogP) is 2.56. The Morgan fingerprint density at radius 2 is 2.04 bits per heavy atom. The number of urea groups is 1. The van der Waals surface area contributed by atoms with E-state index in [-0.39, 0.29) is 25.2 Å². The van der Waals surface area contributed by atoms with E-state index in [1.807, 2.05) is 51.1 Å². The Labute approximate surface area is 136 Å². The van der Waals surface area contributed by atoms with Crippen LogP contribution in [0.4, 0.5) is 4.79 Å². The number of aliphatic hydroxyl groups excluding tert-OH is 1. The molecule has 1 unspecified atom stereocenters. The van der Waals surface area contributed by atoms with Crippen molar-refractivity contribution in [2.75, 3.05) is 13.2 Å². The van der Waals surface area contributed by atoms with Gasteiger partial charge in [-0.15, -0.1) is 0 Å². The summed E-state index contributed by atoms with van der Waals surface area (Å²) in [6.07, 6.45) is 0. The van der Waals surface area contributed by atoms with E-state index in [4.69, 9.17) is 4.52 Å². The maximum Gasteiger partial charge on any atom is 0.318 e. The average Bonchev–Trinajstić information content (AvgIpc) is 2.86. The van der Waals surface area contributed by atoms with Crippen molar-refractivity contribution in [2.45, 2.75) is 33.4 Å². The van der Waals surface area contributed by atoms with Gasteiger partial charge in [-0.1, -0.05) is 35.5 Å². The smallest absolute Gasteiger partial charge is 0.318 e. The van der Waals surface area contributed by atoms with Crippen molar-refractivity contribution in [3.8, 4) is 0 Å². The molecule has 0 saturated heterocycles. The summed E-state index contributed by atoms with van der Waals surface area (Å²) in [5, 5.41) is 16.1. The zero-order chi connectivity index (χ0) is 16.8. The van der Waals surface area contributed by atoms with Gasteiger partial charge in [0.25, 0.3) is 0 Å². The SMILES string of the molecule is Cc1noc(C)c1C(C)NC(=O)N(CCO)Cc1ccccc1. The Hall–Kier alpha value is -2.34. The molecule has 1 atom stereocenters. The lowest BCUT2D eigenvalue weighted by Gasteiger charge is -2.24. The maximum atomic E-state index is 12.5. The number of aryl methyl sites for hydroxylation is 2. The fourth-order valence-electron chi connectivity index (χ4n) is 2.63. The number of aliphatic hydroxyl groups is 1. The highest BCUT2D eigenvalue weighted by Crippen LogP contribution is 2.21. The highest BCUT2D eigenvalue weighted by Gasteiger charge is 2.21. The van der Waals surface area contributed by atoms with Crippen molar-refractivity contribution in [1.82, 2.24) is 15.4 Å². The fourth-order valence-corrected chi connectivity index (χ4v) is 2.63. The minimum Gasteiger partial charge on any atom is -0.395 e. The highest BCUT2D eigenvalue weighted by atomic mass is 16.5. The lowest BCUT2D eigenvalue weighted by molar-refractivity contribution is 0.171. The molecule has 1 heterocycles. The van der Waals surface area contributed by atoms with Crippen LogP contribution in [0.1, 0.15) is 35.5 Å².